The van der Waals surface area contributed by atoms with Crippen molar-refractivity contribution in [3.63, 3.8) is 0 Å². The second kappa shape index (κ2) is 5.69. The molecule has 0 amide bonds. The first kappa shape index (κ1) is 13.3. The van der Waals surface area contributed by atoms with E-state index < -0.39 is 0 Å². The molecule has 2 N–H and O–H groups in total. The number of hydrogen-bond donors (Lipinski definition) is 2. The molecule has 0 aromatic carbocycles. The van der Waals surface area contributed by atoms with Crippen molar-refractivity contribution >= 4 is 23.5 Å². The highest BCUT2D eigenvalue weighted by Gasteiger charge is 2.30. The monoisotopic (exact) mass is 269 g/mol. The maximum absolute atomic E-state index is 5.89. The Morgan fingerprint density at radius 2 is 1.89 bits per heavy atom. The van der Waals surface area contributed by atoms with E-state index in [1.165, 1.54) is 6.42 Å². The van der Waals surface area contributed by atoms with Gasteiger partial charge in [-0.3, -0.25) is 0 Å². The fourth-order valence-corrected chi connectivity index (χ4v) is 2.55. The van der Waals surface area contributed by atoms with Gasteiger partial charge in [-0.05, 0) is 43.2 Å². The van der Waals surface area contributed by atoms with Crippen LogP contribution in [0.2, 0.25) is 5.28 Å². The highest BCUT2D eigenvalue weighted by Crippen LogP contribution is 2.32. The summed E-state index contributed by atoms with van der Waals surface area (Å²) in [5.74, 6) is 2.46. The molecule has 6 heteroatoms. The molecule has 0 aliphatic heterocycles. The summed E-state index contributed by atoms with van der Waals surface area (Å²) in [4.78, 5) is 12.5. The van der Waals surface area contributed by atoms with E-state index in [0.29, 0.717) is 23.9 Å². The number of nitrogens with one attached hydrogen (secondary N) is 2. The molecule has 3 unspecified atom stereocenters. The van der Waals surface area contributed by atoms with Gasteiger partial charge in [0, 0.05) is 12.6 Å². The predicted octanol–water partition coefficient (Wildman–Crippen LogP) is 2.80. The molecule has 0 saturated heterocycles. The molecule has 1 aromatic heterocycles. The van der Waals surface area contributed by atoms with Gasteiger partial charge in [0.1, 0.15) is 0 Å². The fraction of sp³-hybridized carbons (Fsp3) is 0.750. The van der Waals surface area contributed by atoms with Gasteiger partial charge in [-0.25, -0.2) is 0 Å². The quantitative estimate of drug-likeness (QED) is 0.880. The topological polar surface area (TPSA) is 62.7 Å². The molecule has 1 aromatic rings. The maximum atomic E-state index is 5.89. The fourth-order valence-electron chi connectivity index (χ4n) is 2.39. The molecule has 1 saturated carbocycles. The average molecular weight is 270 g/mol. The van der Waals surface area contributed by atoms with Crippen molar-refractivity contribution in [1.29, 1.82) is 0 Å². The number of rotatable bonds is 4. The molecule has 2 rings (SSSR count). The minimum absolute atomic E-state index is 0.224. The van der Waals surface area contributed by atoms with Gasteiger partial charge in [0.2, 0.25) is 17.2 Å². The summed E-state index contributed by atoms with van der Waals surface area (Å²) in [6, 6.07) is 0.424. The van der Waals surface area contributed by atoms with Crippen molar-refractivity contribution < 1.29 is 0 Å². The molecule has 1 aliphatic rings. The highest BCUT2D eigenvalue weighted by atomic mass is 35.5. The van der Waals surface area contributed by atoms with Gasteiger partial charge in [-0.2, -0.15) is 15.0 Å². The Labute approximate surface area is 113 Å². The lowest BCUT2D eigenvalue weighted by atomic mass is 9.98. The Balaban J connectivity index is 2.09. The van der Waals surface area contributed by atoms with E-state index in [2.05, 4.69) is 39.4 Å². The zero-order valence-corrected chi connectivity index (χ0v) is 11.8. The maximum Gasteiger partial charge on any atom is 0.229 e. The van der Waals surface area contributed by atoms with Gasteiger partial charge in [-0.1, -0.05) is 13.8 Å². The van der Waals surface area contributed by atoms with Crippen molar-refractivity contribution in [2.24, 2.45) is 11.8 Å². The number of anilines is 2. The molecule has 5 nitrogen and oxygen atoms in total. The van der Waals surface area contributed by atoms with E-state index in [-0.39, 0.29) is 5.28 Å². The summed E-state index contributed by atoms with van der Waals surface area (Å²) in [6.07, 6.45) is 2.40. The van der Waals surface area contributed by atoms with Crippen LogP contribution in [0.4, 0.5) is 11.9 Å². The van der Waals surface area contributed by atoms with Crippen LogP contribution < -0.4 is 10.6 Å². The van der Waals surface area contributed by atoms with Crippen molar-refractivity contribution in [2.75, 3.05) is 17.2 Å². The lowest BCUT2D eigenvalue weighted by molar-refractivity contribution is 0.434. The standard InChI is InChI=1S/C12H20ClN5/c1-4-14-11-16-10(13)17-12(18-11)15-9-6-5-7(2)8(9)3/h7-9H,4-6H2,1-3H3,(H2,14,15,16,17,18). The smallest absolute Gasteiger partial charge is 0.229 e. The summed E-state index contributed by atoms with van der Waals surface area (Å²) in [5.41, 5.74) is 0. The van der Waals surface area contributed by atoms with E-state index in [0.717, 1.165) is 18.9 Å². The van der Waals surface area contributed by atoms with Crippen LogP contribution in [0.1, 0.15) is 33.6 Å². The largest absolute Gasteiger partial charge is 0.354 e. The average Bonchev–Trinajstić information content (AvgIpc) is 2.61. The minimum atomic E-state index is 0.224. The molecular formula is C12H20ClN5. The van der Waals surface area contributed by atoms with Crippen molar-refractivity contribution in [2.45, 2.75) is 39.7 Å². The number of halogens is 1. The van der Waals surface area contributed by atoms with Gasteiger partial charge in [-0.15, -0.1) is 0 Å². The molecular weight excluding hydrogens is 250 g/mol. The molecule has 100 valence electrons. The Morgan fingerprint density at radius 1 is 1.17 bits per heavy atom. The van der Waals surface area contributed by atoms with E-state index in [4.69, 9.17) is 11.6 Å². The van der Waals surface area contributed by atoms with Crippen LogP contribution in [0.3, 0.4) is 0 Å². The predicted molar refractivity (Wildman–Crippen MR) is 74.0 cm³/mol. The second-order valence-electron chi connectivity index (χ2n) is 4.95. The van der Waals surface area contributed by atoms with Crippen LogP contribution in [-0.4, -0.2) is 27.5 Å². The Bertz CT molecular complexity index is 411. The summed E-state index contributed by atoms with van der Waals surface area (Å²) < 4.78 is 0. The van der Waals surface area contributed by atoms with E-state index in [1.54, 1.807) is 0 Å². The van der Waals surface area contributed by atoms with Gasteiger partial charge >= 0.3 is 0 Å². The van der Waals surface area contributed by atoms with Gasteiger partial charge < -0.3 is 10.6 Å². The minimum Gasteiger partial charge on any atom is -0.354 e. The molecule has 1 heterocycles. The zero-order valence-electron chi connectivity index (χ0n) is 11.1. The molecule has 0 spiro atoms. The Hall–Kier alpha value is -1.10. The van der Waals surface area contributed by atoms with Crippen molar-refractivity contribution in [1.82, 2.24) is 15.0 Å². The molecule has 3 atom stereocenters. The molecule has 0 bridgehead atoms. The van der Waals surface area contributed by atoms with E-state index in [1.807, 2.05) is 6.92 Å². The first-order chi connectivity index (χ1) is 8.60. The Morgan fingerprint density at radius 3 is 2.50 bits per heavy atom. The second-order valence-corrected chi connectivity index (χ2v) is 5.28. The third-order valence-electron chi connectivity index (χ3n) is 3.72. The van der Waals surface area contributed by atoms with Crippen molar-refractivity contribution in [3.8, 4) is 0 Å². The third-order valence-corrected chi connectivity index (χ3v) is 3.89. The first-order valence-electron chi connectivity index (χ1n) is 6.52. The number of aromatic nitrogens is 3. The van der Waals surface area contributed by atoms with Gasteiger partial charge in [0.05, 0.1) is 0 Å². The third kappa shape index (κ3) is 3.02. The van der Waals surface area contributed by atoms with Crippen LogP contribution in [-0.2, 0) is 0 Å². The first-order valence-corrected chi connectivity index (χ1v) is 6.90. The molecule has 0 radical (unpaired) electrons. The highest BCUT2D eigenvalue weighted by molar-refractivity contribution is 6.28. The van der Waals surface area contributed by atoms with Crippen LogP contribution in [0.25, 0.3) is 0 Å². The van der Waals surface area contributed by atoms with Crippen LogP contribution in [0.15, 0.2) is 0 Å². The van der Waals surface area contributed by atoms with Crippen molar-refractivity contribution in [3.05, 3.63) is 5.28 Å². The summed E-state index contributed by atoms with van der Waals surface area (Å²) in [5, 5.41) is 6.65. The Kier molecular flexibility index (Phi) is 4.22. The zero-order chi connectivity index (χ0) is 13.1. The molecule has 1 aliphatic carbocycles. The lowest BCUT2D eigenvalue weighted by Gasteiger charge is -2.19. The molecule has 1 fully saturated rings. The normalized spacial score (nSPS) is 27.2. The van der Waals surface area contributed by atoms with Gasteiger partial charge in [0.15, 0.2) is 0 Å². The van der Waals surface area contributed by atoms with Crippen LogP contribution in [0, 0.1) is 11.8 Å². The summed E-state index contributed by atoms with van der Waals surface area (Å²) in [7, 11) is 0. The number of hydrogen-bond acceptors (Lipinski definition) is 5. The lowest BCUT2D eigenvalue weighted by Crippen LogP contribution is -2.25. The van der Waals surface area contributed by atoms with E-state index >= 15 is 0 Å². The van der Waals surface area contributed by atoms with Crippen LogP contribution in [0.5, 0.6) is 0 Å². The van der Waals surface area contributed by atoms with Crippen LogP contribution >= 0.6 is 11.6 Å². The molecule has 18 heavy (non-hydrogen) atoms. The number of nitrogens with zero attached hydrogens (tertiary/aromatic N) is 3. The summed E-state index contributed by atoms with van der Waals surface area (Å²) in [6.45, 7) is 7.31. The van der Waals surface area contributed by atoms with Gasteiger partial charge in [0.25, 0.3) is 0 Å². The summed E-state index contributed by atoms with van der Waals surface area (Å²) >= 11 is 5.89. The SMILES string of the molecule is CCNc1nc(Cl)nc(NC2CCC(C)C2C)n1. The van der Waals surface area contributed by atoms with E-state index in [9.17, 15) is 0 Å².